The Kier molecular flexibility index (Phi) is 5.21. The number of halogens is 1. The van der Waals surface area contributed by atoms with Crippen LogP contribution in [-0.4, -0.2) is 38.8 Å². The van der Waals surface area contributed by atoms with Crippen LogP contribution in [0.25, 0.3) is 0 Å². The zero-order chi connectivity index (χ0) is 15.4. The standard InChI is InChI=1S/C17H23ClN2O2/c18-15-3-5-16(6-4-15)20-8-7-14(10-20)9-19-17(21)12-22-11-13-1-2-13/h3-6,13-14H,1-2,7-12H2,(H,19,21)/t14-/m1/s1. The van der Waals surface area contributed by atoms with Crippen LogP contribution < -0.4 is 10.2 Å². The lowest BCUT2D eigenvalue weighted by molar-refractivity contribution is -0.126. The molecular formula is C17H23ClN2O2. The number of carbonyl (C=O) groups is 1. The van der Waals surface area contributed by atoms with Gasteiger partial charge in [-0.15, -0.1) is 0 Å². The highest BCUT2D eigenvalue weighted by molar-refractivity contribution is 6.30. The van der Waals surface area contributed by atoms with Gasteiger partial charge in [0.1, 0.15) is 6.61 Å². The van der Waals surface area contributed by atoms with E-state index in [2.05, 4.69) is 22.3 Å². The first-order valence-electron chi connectivity index (χ1n) is 8.05. The van der Waals surface area contributed by atoms with Gasteiger partial charge in [0.25, 0.3) is 0 Å². The summed E-state index contributed by atoms with van der Waals surface area (Å²) < 4.78 is 5.40. The van der Waals surface area contributed by atoms with Crippen molar-refractivity contribution in [1.82, 2.24) is 5.32 Å². The minimum Gasteiger partial charge on any atom is -0.371 e. The number of ether oxygens (including phenoxy) is 1. The second kappa shape index (κ2) is 7.34. The third-order valence-electron chi connectivity index (χ3n) is 4.35. The average molecular weight is 323 g/mol. The topological polar surface area (TPSA) is 41.6 Å². The van der Waals surface area contributed by atoms with E-state index in [0.717, 1.165) is 37.7 Å². The van der Waals surface area contributed by atoms with Crippen LogP contribution in [0.4, 0.5) is 5.69 Å². The first-order chi connectivity index (χ1) is 10.7. The molecule has 1 aromatic carbocycles. The Morgan fingerprint density at radius 2 is 2.00 bits per heavy atom. The number of rotatable bonds is 7. The summed E-state index contributed by atoms with van der Waals surface area (Å²) in [5, 5.41) is 3.75. The van der Waals surface area contributed by atoms with E-state index in [-0.39, 0.29) is 12.5 Å². The van der Waals surface area contributed by atoms with Gasteiger partial charge in [-0.25, -0.2) is 0 Å². The third-order valence-corrected chi connectivity index (χ3v) is 4.60. The smallest absolute Gasteiger partial charge is 0.246 e. The van der Waals surface area contributed by atoms with Crippen LogP contribution in [0.2, 0.25) is 5.02 Å². The molecule has 1 amide bonds. The molecule has 0 radical (unpaired) electrons. The summed E-state index contributed by atoms with van der Waals surface area (Å²) in [4.78, 5) is 14.1. The van der Waals surface area contributed by atoms with Crippen molar-refractivity contribution in [2.75, 3.05) is 37.7 Å². The number of nitrogens with one attached hydrogen (secondary N) is 1. The van der Waals surface area contributed by atoms with Crippen molar-refractivity contribution in [3.05, 3.63) is 29.3 Å². The van der Waals surface area contributed by atoms with Crippen LogP contribution in [0.5, 0.6) is 0 Å². The van der Waals surface area contributed by atoms with E-state index < -0.39 is 0 Å². The normalized spacial score (nSPS) is 21.1. The molecule has 5 heteroatoms. The molecule has 1 aliphatic carbocycles. The fourth-order valence-corrected chi connectivity index (χ4v) is 2.92. The Balaban J connectivity index is 1.35. The van der Waals surface area contributed by atoms with E-state index in [1.165, 1.54) is 18.5 Å². The SMILES string of the molecule is O=C(COCC1CC1)NC[C@H]1CCN(c2ccc(Cl)cc2)C1. The van der Waals surface area contributed by atoms with Crippen LogP contribution in [0, 0.1) is 11.8 Å². The van der Waals surface area contributed by atoms with Gasteiger partial charge in [-0.3, -0.25) is 4.79 Å². The minimum atomic E-state index is 0.00518. The van der Waals surface area contributed by atoms with Crippen molar-refractivity contribution < 1.29 is 9.53 Å². The highest BCUT2D eigenvalue weighted by Crippen LogP contribution is 2.28. The maximum absolute atomic E-state index is 11.7. The molecule has 120 valence electrons. The zero-order valence-corrected chi connectivity index (χ0v) is 13.5. The second-order valence-electron chi connectivity index (χ2n) is 6.34. The molecule has 1 saturated carbocycles. The Morgan fingerprint density at radius 1 is 1.23 bits per heavy atom. The van der Waals surface area contributed by atoms with Crippen molar-refractivity contribution in [3.8, 4) is 0 Å². The number of carbonyl (C=O) groups excluding carboxylic acids is 1. The lowest BCUT2D eigenvalue weighted by Gasteiger charge is -2.19. The molecule has 1 aromatic rings. The number of hydrogen-bond donors (Lipinski definition) is 1. The quantitative estimate of drug-likeness (QED) is 0.839. The Labute approximate surface area is 136 Å². The molecule has 0 bridgehead atoms. The molecule has 1 saturated heterocycles. The number of nitrogens with zero attached hydrogens (tertiary/aromatic N) is 1. The van der Waals surface area contributed by atoms with Gasteiger partial charge in [-0.05, 0) is 55.4 Å². The third kappa shape index (κ3) is 4.62. The molecule has 2 aliphatic rings. The van der Waals surface area contributed by atoms with E-state index in [0.29, 0.717) is 11.8 Å². The highest BCUT2D eigenvalue weighted by Gasteiger charge is 2.24. The van der Waals surface area contributed by atoms with E-state index in [4.69, 9.17) is 16.3 Å². The van der Waals surface area contributed by atoms with E-state index in [1.54, 1.807) is 0 Å². The Morgan fingerprint density at radius 3 is 2.73 bits per heavy atom. The molecule has 2 fully saturated rings. The summed E-state index contributed by atoms with van der Waals surface area (Å²) in [7, 11) is 0. The van der Waals surface area contributed by atoms with Crippen molar-refractivity contribution >= 4 is 23.2 Å². The minimum absolute atomic E-state index is 0.00518. The zero-order valence-electron chi connectivity index (χ0n) is 12.8. The number of anilines is 1. The van der Waals surface area contributed by atoms with Crippen LogP contribution in [-0.2, 0) is 9.53 Å². The van der Waals surface area contributed by atoms with Crippen molar-refractivity contribution in [1.29, 1.82) is 0 Å². The molecule has 3 rings (SSSR count). The molecular weight excluding hydrogens is 300 g/mol. The first-order valence-corrected chi connectivity index (χ1v) is 8.43. The maximum atomic E-state index is 11.7. The van der Waals surface area contributed by atoms with Gasteiger partial charge >= 0.3 is 0 Å². The molecule has 4 nitrogen and oxygen atoms in total. The maximum Gasteiger partial charge on any atom is 0.246 e. The summed E-state index contributed by atoms with van der Waals surface area (Å²) in [5.41, 5.74) is 1.20. The van der Waals surface area contributed by atoms with Gasteiger partial charge in [0, 0.05) is 30.3 Å². The van der Waals surface area contributed by atoms with Crippen molar-refractivity contribution in [2.24, 2.45) is 11.8 Å². The molecule has 1 atom stereocenters. The van der Waals surface area contributed by atoms with Crippen LogP contribution >= 0.6 is 11.6 Å². The fraction of sp³-hybridized carbons (Fsp3) is 0.588. The predicted octanol–water partition coefficient (Wildman–Crippen LogP) is 2.71. The Bertz CT molecular complexity index is 502. The summed E-state index contributed by atoms with van der Waals surface area (Å²) in [5.74, 6) is 1.21. The van der Waals surface area contributed by atoms with E-state index in [9.17, 15) is 4.79 Å². The summed E-state index contributed by atoms with van der Waals surface area (Å²) in [6.45, 7) is 3.67. The first kappa shape index (κ1) is 15.6. The molecule has 1 N–H and O–H groups in total. The fourth-order valence-electron chi connectivity index (χ4n) is 2.80. The van der Waals surface area contributed by atoms with Crippen LogP contribution in [0.3, 0.4) is 0 Å². The summed E-state index contributed by atoms with van der Waals surface area (Å²) in [6.07, 6.45) is 3.61. The van der Waals surface area contributed by atoms with Crippen molar-refractivity contribution in [3.63, 3.8) is 0 Å². The molecule has 0 spiro atoms. The van der Waals surface area contributed by atoms with Gasteiger partial charge < -0.3 is 15.0 Å². The second-order valence-corrected chi connectivity index (χ2v) is 6.78. The molecule has 1 heterocycles. The summed E-state index contributed by atoms with van der Waals surface area (Å²) >= 11 is 5.92. The van der Waals surface area contributed by atoms with Gasteiger partial charge in [-0.2, -0.15) is 0 Å². The molecule has 22 heavy (non-hydrogen) atoms. The monoisotopic (exact) mass is 322 g/mol. The largest absolute Gasteiger partial charge is 0.371 e. The van der Waals surface area contributed by atoms with Gasteiger partial charge in [0.05, 0.1) is 6.61 Å². The number of hydrogen-bond acceptors (Lipinski definition) is 3. The average Bonchev–Trinajstić information content (AvgIpc) is 3.22. The molecule has 0 unspecified atom stereocenters. The molecule has 0 aromatic heterocycles. The summed E-state index contributed by atoms with van der Waals surface area (Å²) in [6, 6.07) is 7.94. The number of amides is 1. The van der Waals surface area contributed by atoms with E-state index in [1.807, 2.05) is 12.1 Å². The van der Waals surface area contributed by atoms with Gasteiger partial charge in [0.2, 0.25) is 5.91 Å². The van der Waals surface area contributed by atoms with E-state index >= 15 is 0 Å². The van der Waals surface area contributed by atoms with Gasteiger partial charge in [0.15, 0.2) is 0 Å². The lowest BCUT2D eigenvalue weighted by Crippen LogP contribution is -2.33. The van der Waals surface area contributed by atoms with Crippen LogP contribution in [0.1, 0.15) is 19.3 Å². The number of benzene rings is 1. The predicted molar refractivity (Wildman–Crippen MR) is 88.3 cm³/mol. The molecule has 1 aliphatic heterocycles. The van der Waals surface area contributed by atoms with Crippen molar-refractivity contribution in [2.45, 2.75) is 19.3 Å². The lowest BCUT2D eigenvalue weighted by atomic mass is 10.1. The highest BCUT2D eigenvalue weighted by atomic mass is 35.5. The van der Waals surface area contributed by atoms with Crippen LogP contribution in [0.15, 0.2) is 24.3 Å². The van der Waals surface area contributed by atoms with Gasteiger partial charge in [-0.1, -0.05) is 11.6 Å². The Hall–Kier alpha value is -1.26.